The van der Waals surface area contributed by atoms with Crippen LogP contribution >= 0.6 is 0 Å². The van der Waals surface area contributed by atoms with Crippen LogP contribution in [0.4, 0.5) is 5.69 Å². The number of hydrogen-bond donors (Lipinski definition) is 1. The van der Waals surface area contributed by atoms with Crippen molar-refractivity contribution in [3.05, 3.63) is 29.8 Å². The monoisotopic (exact) mass is 270 g/mol. The van der Waals surface area contributed by atoms with Gasteiger partial charge in [0.2, 0.25) is 5.91 Å². The van der Waals surface area contributed by atoms with E-state index < -0.39 is 0 Å². The van der Waals surface area contributed by atoms with E-state index in [2.05, 4.69) is 28.4 Å². The van der Waals surface area contributed by atoms with E-state index in [9.17, 15) is 4.79 Å². The lowest BCUT2D eigenvalue weighted by Crippen LogP contribution is -2.52. The lowest BCUT2D eigenvalue weighted by atomic mass is 9.91. The molecule has 0 aromatic heterocycles. The third kappa shape index (κ3) is 2.05. The summed E-state index contributed by atoms with van der Waals surface area (Å²) in [4.78, 5) is 14.6. The molecule has 3 aliphatic rings. The van der Waals surface area contributed by atoms with Crippen LogP contribution < -0.4 is 10.2 Å². The highest BCUT2D eigenvalue weighted by Gasteiger charge is 2.38. The van der Waals surface area contributed by atoms with Gasteiger partial charge in [0.25, 0.3) is 0 Å². The fraction of sp³-hybridized carbons (Fsp3) is 0.588. The van der Waals surface area contributed by atoms with E-state index >= 15 is 0 Å². The van der Waals surface area contributed by atoms with Crippen LogP contribution in [0.2, 0.25) is 0 Å². The minimum absolute atomic E-state index is 0.301. The summed E-state index contributed by atoms with van der Waals surface area (Å²) >= 11 is 0. The minimum Gasteiger partial charge on any atom is -0.311 e. The summed E-state index contributed by atoms with van der Waals surface area (Å²) in [6, 6.07) is 9.94. The Morgan fingerprint density at radius 2 is 1.75 bits per heavy atom. The average Bonchev–Trinajstić information content (AvgIpc) is 2.69. The van der Waals surface area contributed by atoms with Crippen molar-refractivity contribution in [2.45, 2.75) is 63.1 Å². The smallest absolute Gasteiger partial charge is 0.231 e. The predicted molar refractivity (Wildman–Crippen MR) is 79.8 cm³/mol. The molecule has 2 bridgehead atoms. The van der Waals surface area contributed by atoms with Gasteiger partial charge >= 0.3 is 0 Å². The van der Waals surface area contributed by atoms with Crippen molar-refractivity contribution >= 4 is 11.6 Å². The summed E-state index contributed by atoms with van der Waals surface area (Å²) in [5, 5.41) is 3.77. The van der Waals surface area contributed by atoms with Gasteiger partial charge in [0.1, 0.15) is 0 Å². The van der Waals surface area contributed by atoms with Gasteiger partial charge in [-0.05, 0) is 37.3 Å². The molecule has 0 spiro atoms. The number of para-hydroxylation sites is 1. The molecule has 4 rings (SSSR count). The number of nitrogens with one attached hydrogen (secondary N) is 1. The summed E-state index contributed by atoms with van der Waals surface area (Å²) in [6.07, 6.45) is 8.06. The Balaban J connectivity index is 1.62. The van der Waals surface area contributed by atoms with Gasteiger partial charge in [0, 0.05) is 23.8 Å². The van der Waals surface area contributed by atoms with Crippen LogP contribution in [-0.2, 0) is 11.2 Å². The number of nitrogens with zero attached hydrogens (tertiary/aromatic N) is 1. The maximum absolute atomic E-state index is 12.4. The van der Waals surface area contributed by atoms with Crippen molar-refractivity contribution in [1.29, 1.82) is 0 Å². The number of rotatable bonds is 1. The van der Waals surface area contributed by atoms with E-state index in [1.54, 1.807) is 0 Å². The highest BCUT2D eigenvalue weighted by molar-refractivity contribution is 6.01. The number of piperidine rings is 1. The molecule has 3 heteroatoms. The van der Waals surface area contributed by atoms with E-state index in [1.807, 2.05) is 6.07 Å². The molecule has 0 radical (unpaired) electrons. The van der Waals surface area contributed by atoms with Gasteiger partial charge in [-0.25, -0.2) is 0 Å². The molecule has 1 aromatic rings. The van der Waals surface area contributed by atoms with Crippen molar-refractivity contribution in [3.63, 3.8) is 0 Å². The molecule has 2 unspecified atom stereocenters. The molecular weight excluding hydrogens is 248 g/mol. The fourth-order valence-corrected chi connectivity index (χ4v) is 4.30. The van der Waals surface area contributed by atoms with Gasteiger partial charge in [-0.1, -0.05) is 31.0 Å². The first-order valence-electron chi connectivity index (χ1n) is 7.97. The van der Waals surface area contributed by atoms with Crippen LogP contribution in [0.5, 0.6) is 0 Å². The third-order valence-electron chi connectivity index (χ3n) is 5.17. The molecule has 20 heavy (non-hydrogen) atoms. The number of hydrogen-bond acceptors (Lipinski definition) is 2. The SMILES string of the molecule is O=C1Cc2ccccc2N1C1CC2CCCCC(C1)N2. The molecule has 1 aromatic carbocycles. The van der Waals surface area contributed by atoms with E-state index in [1.165, 1.54) is 36.9 Å². The quantitative estimate of drug-likeness (QED) is 0.851. The Bertz CT molecular complexity index is 513. The molecule has 2 fully saturated rings. The second kappa shape index (κ2) is 4.88. The molecule has 0 saturated carbocycles. The molecule has 106 valence electrons. The Labute approximate surface area is 120 Å². The zero-order chi connectivity index (χ0) is 13.5. The topological polar surface area (TPSA) is 32.3 Å². The largest absolute Gasteiger partial charge is 0.311 e. The number of anilines is 1. The zero-order valence-corrected chi connectivity index (χ0v) is 11.8. The second-order valence-electron chi connectivity index (χ2n) is 6.54. The summed E-state index contributed by atoms with van der Waals surface area (Å²) in [7, 11) is 0. The maximum atomic E-state index is 12.4. The van der Waals surface area contributed by atoms with Crippen LogP contribution in [0.25, 0.3) is 0 Å². The number of carbonyl (C=O) groups is 1. The standard InChI is InChI=1S/C17H22N2O/c20-17-9-12-5-1-4-8-16(12)19(17)15-10-13-6-2-3-7-14(11-15)18-13/h1,4-5,8,13-15,18H,2-3,6-7,9-11H2. The molecular formula is C17H22N2O. The van der Waals surface area contributed by atoms with Gasteiger partial charge in [-0.2, -0.15) is 0 Å². The molecule has 3 aliphatic heterocycles. The van der Waals surface area contributed by atoms with E-state index in [4.69, 9.17) is 0 Å². The van der Waals surface area contributed by atoms with Crippen molar-refractivity contribution in [2.24, 2.45) is 0 Å². The van der Waals surface area contributed by atoms with E-state index in [0.29, 0.717) is 30.5 Å². The number of amides is 1. The highest BCUT2D eigenvalue weighted by atomic mass is 16.2. The first kappa shape index (κ1) is 12.4. The summed E-state index contributed by atoms with van der Waals surface area (Å²) < 4.78 is 0. The van der Waals surface area contributed by atoms with Crippen molar-refractivity contribution in [1.82, 2.24) is 5.32 Å². The fourth-order valence-electron chi connectivity index (χ4n) is 4.30. The van der Waals surface area contributed by atoms with Gasteiger partial charge < -0.3 is 10.2 Å². The van der Waals surface area contributed by atoms with Crippen molar-refractivity contribution in [2.75, 3.05) is 4.90 Å². The number of benzene rings is 1. The molecule has 3 heterocycles. The molecule has 0 aliphatic carbocycles. The molecule has 2 atom stereocenters. The highest BCUT2D eigenvalue weighted by Crippen LogP contribution is 2.36. The molecule has 1 amide bonds. The minimum atomic E-state index is 0.301. The van der Waals surface area contributed by atoms with Crippen LogP contribution in [0.3, 0.4) is 0 Å². The van der Waals surface area contributed by atoms with Gasteiger partial charge in [-0.3, -0.25) is 4.79 Å². The number of carbonyl (C=O) groups excluding carboxylic acids is 1. The lowest BCUT2D eigenvalue weighted by Gasteiger charge is -2.39. The van der Waals surface area contributed by atoms with Gasteiger partial charge in [0.15, 0.2) is 0 Å². The Morgan fingerprint density at radius 1 is 1.05 bits per heavy atom. The van der Waals surface area contributed by atoms with Crippen LogP contribution in [0, 0.1) is 0 Å². The van der Waals surface area contributed by atoms with Gasteiger partial charge in [-0.15, -0.1) is 0 Å². The van der Waals surface area contributed by atoms with E-state index in [0.717, 1.165) is 12.8 Å². The molecule has 2 saturated heterocycles. The van der Waals surface area contributed by atoms with Gasteiger partial charge in [0.05, 0.1) is 6.42 Å². The lowest BCUT2D eigenvalue weighted by molar-refractivity contribution is -0.118. The first-order chi connectivity index (χ1) is 9.81. The Kier molecular flexibility index (Phi) is 3.03. The zero-order valence-electron chi connectivity index (χ0n) is 11.8. The Hall–Kier alpha value is -1.35. The maximum Gasteiger partial charge on any atom is 0.231 e. The van der Waals surface area contributed by atoms with Crippen LogP contribution in [0.1, 0.15) is 44.1 Å². The normalized spacial score (nSPS) is 32.9. The number of fused-ring (bicyclic) bond motifs is 3. The Morgan fingerprint density at radius 3 is 2.50 bits per heavy atom. The molecule has 3 nitrogen and oxygen atoms in total. The average molecular weight is 270 g/mol. The first-order valence-corrected chi connectivity index (χ1v) is 7.97. The van der Waals surface area contributed by atoms with Crippen LogP contribution in [0.15, 0.2) is 24.3 Å². The summed E-state index contributed by atoms with van der Waals surface area (Å²) in [6.45, 7) is 0. The summed E-state index contributed by atoms with van der Waals surface area (Å²) in [5.41, 5.74) is 2.38. The predicted octanol–water partition coefficient (Wildman–Crippen LogP) is 2.64. The van der Waals surface area contributed by atoms with Crippen molar-refractivity contribution in [3.8, 4) is 0 Å². The summed E-state index contributed by atoms with van der Waals surface area (Å²) in [5.74, 6) is 0.301. The van der Waals surface area contributed by atoms with Crippen LogP contribution in [-0.4, -0.2) is 24.0 Å². The van der Waals surface area contributed by atoms with E-state index in [-0.39, 0.29) is 0 Å². The van der Waals surface area contributed by atoms with Crippen molar-refractivity contribution < 1.29 is 4.79 Å². The second-order valence-corrected chi connectivity index (χ2v) is 6.54. The molecule has 1 N–H and O–H groups in total. The third-order valence-corrected chi connectivity index (χ3v) is 5.17.